The second-order valence-corrected chi connectivity index (χ2v) is 18.4. The molecule has 0 unspecified atom stereocenters. The van der Waals surface area contributed by atoms with Crippen molar-refractivity contribution in [1.82, 2.24) is 9.13 Å². The van der Waals surface area contributed by atoms with Gasteiger partial charge in [0.15, 0.2) is 0 Å². The molecule has 13 aromatic carbocycles. The summed E-state index contributed by atoms with van der Waals surface area (Å²) in [6, 6.07) is 90.2. The van der Waals surface area contributed by atoms with Crippen LogP contribution in [0, 0.1) is 0 Å². The van der Waals surface area contributed by atoms with E-state index in [9.17, 15) is 0 Å². The van der Waals surface area contributed by atoms with Crippen LogP contribution in [-0.2, 0) is 0 Å². The summed E-state index contributed by atoms with van der Waals surface area (Å²) in [5.74, 6) is 0. The minimum atomic E-state index is 1.15. The van der Waals surface area contributed by atoms with Crippen LogP contribution in [0.5, 0.6) is 0 Å². The molecule has 0 spiro atoms. The molecule has 2 aromatic heterocycles. The molecule has 2 nitrogen and oxygen atoms in total. The molecule has 0 amide bonds. The van der Waals surface area contributed by atoms with Gasteiger partial charge in [0.1, 0.15) is 0 Å². The summed E-state index contributed by atoms with van der Waals surface area (Å²) in [4.78, 5) is 0. The van der Waals surface area contributed by atoms with Gasteiger partial charge in [0.2, 0.25) is 0 Å². The van der Waals surface area contributed by atoms with Crippen molar-refractivity contribution in [3.8, 4) is 33.6 Å². The van der Waals surface area contributed by atoms with Gasteiger partial charge in [-0.2, -0.15) is 0 Å². The smallest absolute Gasteiger partial charge is 0.0541 e. The maximum Gasteiger partial charge on any atom is 0.0541 e. The summed E-state index contributed by atoms with van der Waals surface area (Å²) in [6.07, 6.45) is 0. The standard InChI is InChI=1S/C66H40N2/c1-2-15-47(16-3-1)67-61-24-12-10-21-53(61)58-38-43(30-34-63(58)67)44-31-35-64-59(39-44)54-22-11-13-25-62(54)68(64)48-32-28-41-26-27-45(36-46(41)37-48)57-40-60-52-20-7-6-18-50(52)51-19-8-9-23-55(51)66(60)65-49-17-5-4-14-42(49)29-33-56(57)65/h1-40H. The lowest BCUT2D eigenvalue weighted by Gasteiger charge is -2.18. The highest BCUT2D eigenvalue weighted by Gasteiger charge is 2.19. The molecule has 0 aliphatic rings. The summed E-state index contributed by atoms with van der Waals surface area (Å²) in [7, 11) is 0. The van der Waals surface area contributed by atoms with Gasteiger partial charge in [-0.15, -0.1) is 0 Å². The van der Waals surface area contributed by atoms with Crippen LogP contribution in [0.15, 0.2) is 243 Å². The third-order valence-electron chi connectivity index (χ3n) is 14.8. The number of para-hydroxylation sites is 3. The molecule has 0 saturated carbocycles. The van der Waals surface area contributed by atoms with Gasteiger partial charge < -0.3 is 9.13 Å². The number of rotatable bonds is 4. The Morgan fingerprint density at radius 2 is 0.691 bits per heavy atom. The SMILES string of the molecule is c1ccc(-n2c3ccccc3c3cc(-c4ccc5c(c4)c4ccccc4n5-c4ccc5ccc(-c6cc7c8ccccc8c8ccccc8c7c7c6ccc6ccccc67)cc5c4)ccc32)cc1. The van der Waals surface area contributed by atoms with Gasteiger partial charge in [0, 0.05) is 32.9 Å². The van der Waals surface area contributed by atoms with Gasteiger partial charge in [-0.1, -0.05) is 170 Å². The third kappa shape index (κ3) is 5.34. The van der Waals surface area contributed by atoms with E-state index in [1.54, 1.807) is 0 Å². The Kier molecular flexibility index (Phi) is 7.81. The van der Waals surface area contributed by atoms with Crippen molar-refractivity contribution < 1.29 is 0 Å². The summed E-state index contributed by atoms with van der Waals surface area (Å²) < 4.78 is 4.83. The lowest BCUT2D eigenvalue weighted by atomic mass is 9.85. The van der Waals surface area contributed by atoms with Crippen LogP contribution in [0.2, 0.25) is 0 Å². The average Bonchev–Trinajstić information content (AvgIpc) is 3.92. The molecule has 15 aromatic rings. The molecular formula is C66H40N2. The van der Waals surface area contributed by atoms with Crippen LogP contribution in [-0.4, -0.2) is 9.13 Å². The number of nitrogens with zero attached hydrogens (tertiary/aromatic N) is 2. The molecule has 0 fully saturated rings. The Hall–Kier alpha value is -8.98. The van der Waals surface area contributed by atoms with Crippen molar-refractivity contribution in [2.24, 2.45) is 0 Å². The fraction of sp³-hybridized carbons (Fsp3) is 0. The Morgan fingerprint density at radius 1 is 0.206 bits per heavy atom. The second-order valence-electron chi connectivity index (χ2n) is 18.4. The Balaban J connectivity index is 0.907. The number of hydrogen-bond acceptors (Lipinski definition) is 0. The third-order valence-corrected chi connectivity index (χ3v) is 14.8. The summed E-state index contributed by atoms with van der Waals surface area (Å²) in [5.41, 5.74) is 12.0. The first-order chi connectivity index (χ1) is 33.7. The molecule has 0 bridgehead atoms. The summed E-state index contributed by atoms with van der Waals surface area (Å²) >= 11 is 0. The highest BCUT2D eigenvalue weighted by molar-refractivity contribution is 6.36. The molecule has 2 heterocycles. The monoisotopic (exact) mass is 860 g/mol. The van der Waals surface area contributed by atoms with Crippen LogP contribution in [0.25, 0.3) is 142 Å². The quantitative estimate of drug-likeness (QED) is 0.156. The van der Waals surface area contributed by atoms with Crippen molar-refractivity contribution in [3.05, 3.63) is 243 Å². The molecule has 15 rings (SSSR count). The molecule has 0 radical (unpaired) electrons. The fourth-order valence-corrected chi connectivity index (χ4v) is 11.8. The van der Waals surface area contributed by atoms with Gasteiger partial charge in [-0.3, -0.25) is 0 Å². The lowest BCUT2D eigenvalue weighted by Crippen LogP contribution is -1.94. The first kappa shape index (κ1) is 37.3. The van der Waals surface area contributed by atoms with Crippen molar-refractivity contribution in [1.29, 1.82) is 0 Å². The maximum absolute atomic E-state index is 2.47. The first-order valence-corrected chi connectivity index (χ1v) is 23.6. The van der Waals surface area contributed by atoms with Crippen molar-refractivity contribution >= 4 is 108 Å². The predicted molar refractivity (Wildman–Crippen MR) is 291 cm³/mol. The molecule has 314 valence electrons. The van der Waals surface area contributed by atoms with Crippen molar-refractivity contribution in [2.75, 3.05) is 0 Å². The average molecular weight is 861 g/mol. The van der Waals surface area contributed by atoms with Gasteiger partial charge in [0.25, 0.3) is 0 Å². The maximum atomic E-state index is 2.47. The Labute approximate surface area is 391 Å². The highest BCUT2D eigenvalue weighted by atomic mass is 15.0. The van der Waals surface area contributed by atoms with E-state index in [1.807, 2.05) is 0 Å². The van der Waals surface area contributed by atoms with E-state index in [1.165, 1.54) is 136 Å². The van der Waals surface area contributed by atoms with E-state index < -0.39 is 0 Å². The predicted octanol–water partition coefficient (Wildman–Crippen LogP) is 18.1. The van der Waals surface area contributed by atoms with E-state index in [2.05, 4.69) is 252 Å². The number of benzene rings is 13. The summed E-state index contributed by atoms with van der Waals surface area (Å²) in [5, 5.41) is 20.3. The highest BCUT2D eigenvalue weighted by Crippen LogP contribution is 2.46. The minimum absolute atomic E-state index is 1.15. The number of fused-ring (bicyclic) bond motifs is 17. The van der Waals surface area contributed by atoms with Crippen LogP contribution in [0.3, 0.4) is 0 Å². The Bertz CT molecular complexity index is 4600. The van der Waals surface area contributed by atoms with Crippen LogP contribution in [0.4, 0.5) is 0 Å². The van der Waals surface area contributed by atoms with Gasteiger partial charge in [-0.25, -0.2) is 0 Å². The van der Waals surface area contributed by atoms with E-state index in [4.69, 9.17) is 0 Å². The zero-order valence-corrected chi connectivity index (χ0v) is 37.0. The second kappa shape index (κ2) is 14.3. The van der Waals surface area contributed by atoms with E-state index >= 15 is 0 Å². The Morgan fingerprint density at radius 3 is 1.38 bits per heavy atom. The van der Waals surface area contributed by atoms with Gasteiger partial charge in [-0.05, 0) is 160 Å². The first-order valence-electron chi connectivity index (χ1n) is 23.6. The molecule has 0 saturated heterocycles. The lowest BCUT2D eigenvalue weighted by molar-refractivity contribution is 1.18. The number of hydrogen-bond donors (Lipinski definition) is 0. The molecular weight excluding hydrogens is 821 g/mol. The van der Waals surface area contributed by atoms with E-state index in [0.717, 1.165) is 5.69 Å². The zero-order valence-electron chi connectivity index (χ0n) is 37.0. The van der Waals surface area contributed by atoms with Crippen LogP contribution < -0.4 is 0 Å². The minimum Gasteiger partial charge on any atom is -0.309 e. The zero-order chi connectivity index (χ0) is 44.5. The van der Waals surface area contributed by atoms with Crippen molar-refractivity contribution in [3.63, 3.8) is 0 Å². The van der Waals surface area contributed by atoms with Crippen LogP contribution >= 0.6 is 0 Å². The molecule has 0 N–H and O–H groups in total. The largest absolute Gasteiger partial charge is 0.309 e. The summed E-state index contributed by atoms with van der Waals surface area (Å²) in [6.45, 7) is 0. The molecule has 2 heteroatoms. The number of aromatic nitrogens is 2. The molecule has 0 aliphatic carbocycles. The normalized spacial score (nSPS) is 12.1. The topological polar surface area (TPSA) is 9.86 Å². The van der Waals surface area contributed by atoms with Gasteiger partial charge in [0.05, 0.1) is 22.1 Å². The molecule has 0 atom stereocenters. The van der Waals surface area contributed by atoms with Crippen molar-refractivity contribution in [2.45, 2.75) is 0 Å². The van der Waals surface area contributed by atoms with E-state index in [-0.39, 0.29) is 0 Å². The molecule has 0 aliphatic heterocycles. The molecule has 68 heavy (non-hydrogen) atoms. The van der Waals surface area contributed by atoms with Crippen LogP contribution in [0.1, 0.15) is 0 Å². The fourth-order valence-electron chi connectivity index (χ4n) is 11.8. The van der Waals surface area contributed by atoms with E-state index in [0.29, 0.717) is 0 Å². The van der Waals surface area contributed by atoms with Gasteiger partial charge >= 0.3 is 0 Å².